The summed E-state index contributed by atoms with van der Waals surface area (Å²) in [5, 5.41) is 3.36. The molecule has 0 amide bonds. The van der Waals surface area contributed by atoms with Crippen LogP contribution in [-0.2, 0) is 16.1 Å². The number of carbonyl (C=O) groups is 1. The highest BCUT2D eigenvalue weighted by molar-refractivity contribution is 5.70. The highest BCUT2D eigenvalue weighted by Gasteiger charge is 2.02. The number of methoxy groups -OCH3 is 1. The fourth-order valence-corrected chi connectivity index (χ4v) is 1.88. The summed E-state index contributed by atoms with van der Waals surface area (Å²) in [6.07, 6.45) is 0. The molecule has 0 radical (unpaired) electrons. The zero-order valence-electron chi connectivity index (χ0n) is 12.3. The van der Waals surface area contributed by atoms with Gasteiger partial charge in [-0.3, -0.25) is 0 Å². The molecule has 0 spiro atoms. The monoisotopic (exact) mass is 285 g/mol. The van der Waals surface area contributed by atoms with E-state index in [1.807, 2.05) is 36.4 Å². The van der Waals surface area contributed by atoms with E-state index in [0.717, 1.165) is 12.2 Å². The minimum Gasteiger partial charge on any atom is -0.482 e. The van der Waals surface area contributed by atoms with Gasteiger partial charge in [-0.05, 0) is 42.3 Å². The lowest BCUT2D eigenvalue weighted by Crippen LogP contribution is -2.12. The predicted octanol–water partition coefficient (Wildman–Crippen LogP) is 3.16. The molecule has 1 N–H and O–H groups in total. The van der Waals surface area contributed by atoms with E-state index < -0.39 is 5.97 Å². The van der Waals surface area contributed by atoms with Crippen LogP contribution in [0.25, 0.3) is 0 Å². The first-order valence-electron chi connectivity index (χ1n) is 6.77. The summed E-state index contributed by atoms with van der Waals surface area (Å²) in [7, 11) is 1.34. The van der Waals surface area contributed by atoms with Gasteiger partial charge in [0.05, 0.1) is 7.11 Å². The number of anilines is 1. The van der Waals surface area contributed by atoms with Crippen LogP contribution in [-0.4, -0.2) is 19.7 Å². The summed E-state index contributed by atoms with van der Waals surface area (Å²) in [4.78, 5) is 11.0. The quantitative estimate of drug-likeness (QED) is 0.828. The van der Waals surface area contributed by atoms with Crippen LogP contribution in [0.3, 0.4) is 0 Å². The lowest BCUT2D eigenvalue weighted by atomic mass is 10.1. The predicted molar refractivity (Wildman–Crippen MR) is 82.5 cm³/mol. The molecule has 110 valence electrons. The number of hydrogen-bond donors (Lipinski definition) is 1. The minimum absolute atomic E-state index is 0.0769. The number of ether oxygens (including phenoxy) is 2. The van der Waals surface area contributed by atoms with Gasteiger partial charge in [0.25, 0.3) is 0 Å². The Morgan fingerprint density at radius 1 is 1.10 bits per heavy atom. The minimum atomic E-state index is -0.392. The molecule has 0 saturated heterocycles. The van der Waals surface area contributed by atoms with Crippen molar-refractivity contribution in [1.29, 1.82) is 0 Å². The summed E-state index contributed by atoms with van der Waals surface area (Å²) in [5.74, 6) is 0.249. The first-order chi connectivity index (χ1) is 10.2. The first kappa shape index (κ1) is 14.9. The molecule has 2 aromatic carbocycles. The Labute approximate surface area is 124 Å². The molecule has 2 aromatic rings. The molecule has 0 heterocycles. The van der Waals surface area contributed by atoms with Gasteiger partial charge in [-0.15, -0.1) is 0 Å². The van der Waals surface area contributed by atoms with Crippen molar-refractivity contribution in [2.75, 3.05) is 19.0 Å². The highest BCUT2D eigenvalue weighted by Crippen LogP contribution is 2.17. The molecular weight excluding hydrogens is 266 g/mol. The summed E-state index contributed by atoms with van der Waals surface area (Å²) in [6.45, 7) is 2.79. The van der Waals surface area contributed by atoms with Gasteiger partial charge in [0.1, 0.15) is 5.75 Å². The number of carbonyl (C=O) groups excluding carboxylic acids is 1. The van der Waals surface area contributed by atoms with Crippen molar-refractivity contribution in [3.63, 3.8) is 0 Å². The van der Waals surface area contributed by atoms with Crippen LogP contribution in [0.15, 0.2) is 48.5 Å². The van der Waals surface area contributed by atoms with Crippen LogP contribution in [0.1, 0.15) is 11.1 Å². The zero-order valence-corrected chi connectivity index (χ0v) is 12.3. The van der Waals surface area contributed by atoms with Crippen LogP contribution in [0.5, 0.6) is 5.75 Å². The van der Waals surface area contributed by atoms with Crippen molar-refractivity contribution in [3.8, 4) is 5.75 Å². The molecule has 0 aliphatic heterocycles. The third kappa shape index (κ3) is 4.53. The number of hydrogen-bond acceptors (Lipinski definition) is 4. The maximum atomic E-state index is 11.0. The largest absolute Gasteiger partial charge is 0.482 e. The molecular formula is C17H19NO3. The number of aryl methyl sites for hydroxylation is 1. The van der Waals surface area contributed by atoms with E-state index >= 15 is 0 Å². The van der Waals surface area contributed by atoms with E-state index in [1.165, 1.54) is 18.2 Å². The van der Waals surface area contributed by atoms with Crippen LogP contribution >= 0.6 is 0 Å². The smallest absolute Gasteiger partial charge is 0.343 e. The maximum absolute atomic E-state index is 11.0. The van der Waals surface area contributed by atoms with Gasteiger partial charge in [0.2, 0.25) is 0 Å². The van der Waals surface area contributed by atoms with Crippen LogP contribution in [0.2, 0.25) is 0 Å². The zero-order chi connectivity index (χ0) is 15.1. The van der Waals surface area contributed by atoms with E-state index in [4.69, 9.17) is 4.74 Å². The average molecular weight is 285 g/mol. The Hall–Kier alpha value is -2.49. The molecule has 0 atom stereocenters. The Morgan fingerprint density at radius 2 is 1.81 bits per heavy atom. The van der Waals surface area contributed by atoms with Gasteiger partial charge in [-0.25, -0.2) is 4.79 Å². The first-order valence-corrected chi connectivity index (χ1v) is 6.77. The van der Waals surface area contributed by atoms with Crippen LogP contribution in [0, 0.1) is 6.92 Å². The topological polar surface area (TPSA) is 47.6 Å². The van der Waals surface area contributed by atoms with E-state index in [9.17, 15) is 4.79 Å². The summed E-state index contributed by atoms with van der Waals surface area (Å²) in [6, 6.07) is 15.8. The molecule has 0 saturated carbocycles. The summed E-state index contributed by atoms with van der Waals surface area (Å²) in [5.41, 5.74) is 3.54. The van der Waals surface area contributed by atoms with Crippen LogP contribution < -0.4 is 10.1 Å². The van der Waals surface area contributed by atoms with Crippen molar-refractivity contribution in [3.05, 3.63) is 59.7 Å². The van der Waals surface area contributed by atoms with E-state index in [-0.39, 0.29) is 6.61 Å². The Balaban J connectivity index is 1.88. The van der Waals surface area contributed by atoms with Gasteiger partial charge in [0.15, 0.2) is 6.61 Å². The molecule has 0 fully saturated rings. The van der Waals surface area contributed by atoms with Crippen molar-refractivity contribution in [2.45, 2.75) is 13.5 Å². The molecule has 0 aliphatic rings. The fourth-order valence-electron chi connectivity index (χ4n) is 1.88. The van der Waals surface area contributed by atoms with Crippen molar-refractivity contribution in [1.82, 2.24) is 0 Å². The number of esters is 1. The van der Waals surface area contributed by atoms with E-state index in [1.54, 1.807) is 0 Å². The lowest BCUT2D eigenvalue weighted by molar-refractivity contribution is -0.142. The van der Waals surface area contributed by atoms with Crippen molar-refractivity contribution < 1.29 is 14.3 Å². The van der Waals surface area contributed by atoms with Gasteiger partial charge in [0, 0.05) is 12.2 Å². The fraction of sp³-hybridized carbons (Fsp3) is 0.235. The van der Waals surface area contributed by atoms with Crippen molar-refractivity contribution >= 4 is 11.7 Å². The Morgan fingerprint density at radius 3 is 2.48 bits per heavy atom. The van der Waals surface area contributed by atoms with Gasteiger partial charge in [-0.2, -0.15) is 0 Å². The third-order valence-corrected chi connectivity index (χ3v) is 3.18. The Kier molecular flexibility index (Phi) is 5.21. The molecule has 0 unspecified atom stereocenters. The molecule has 0 bridgehead atoms. The third-order valence-electron chi connectivity index (χ3n) is 3.18. The number of rotatable bonds is 6. The molecule has 0 aliphatic carbocycles. The SMILES string of the molecule is COC(=O)COc1ccc(NCc2ccccc2C)cc1. The van der Waals surface area contributed by atoms with Gasteiger partial charge >= 0.3 is 5.97 Å². The highest BCUT2D eigenvalue weighted by atomic mass is 16.6. The van der Waals surface area contributed by atoms with E-state index in [2.05, 4.69) is 29.1 Å². The second-order valence-electron chi connectivity index (χ2n) is 4.67. The second-order valence-corrected chi connectivity index (χ2v) is 4.67. The van der Waals surface area contributed by atoms with Gasteiger partial charge < -0.3 is 14.8 Å². The molecule has 0 aromatic heterocycles. The van der Waals surface area contributed by atoms with Gasteiger partial charge in [-0.1, -0.05) is 24.3 Å². The van der Waals surface area contributed by atoms with Crippen LogP contribution in [0.4, 0.5) is 5.69 Å². The molecule has 2 rings (SSSR count). The number of benzene rings is 2. The van der Waals surface area contributed by atoms with E-state index in [0.29, 0.717) is 5.75 Å². The summed E-state index contributed by atoms with van der Waals surface area (Å²) < 4.78 is 9.81. The van der Waals surface area contributed by atoms with Crippen molar-refractivity contribution in [2.24, 2.45) is 0 Å². The second kappa shape index (κ2) is 7.33. The molecule has 4 nitrogen and oxygen atoms in total. The normalized spacial score (nSPS) is 10.0. The molecule has 4 heteroatoms. The number of nitrogens with one attached hydrogen (secondary N) is 1. The maximum Gasteiger partial charge on any atom is 0.343 e. The Bertz CT molecular complexity index is 593. The average Bonchev–Trinajstić information content (AvgIpc) is 2.53. The standard InChI is InChI=1S/C17H19NO3/c1-13-5-3-4-6-14(13)11-18-15-7-9-16(10-8-15)21-12-17(19)20-2/h3-10,18H,11-12H2,1-2H3. The molecule has 21 heavy (non-hydrogen) atoms. The summed E-state index contributed by atoms with van der Waals surface area (Å²) >= 11 is 0. The lowest BCUT2D eigenvalue weighted by Gasteiger charge is -2.10.